The van der Waals surface area contributed by atoms with Crippen molar-refractivity contribution in [3.05, 3.63) is 71.5 Å². The molecular weight excluding hydrogens is 351 g/mol. The Kier molecular flexibility index (Phi) is 5.59. The summed E-state index contributed by atoms with van der Waals surface area (Å²) in [5.41, 5.74) is -1.08. The zero-order valence-corrected chi connectivity index (χ0v) is 14.3. The molecular formula is C17H14Cl2N2O3. The largest absolute Gasteiger partial charge is 0.428 e. The van der Waals surface area contributed by atoms with Gasteiger partial charge in [-0.05, 0) is 43.3 Å². The van der Waals surface area contributed by atoms with Gasteiger partial charge in [0.15, 0.2) is 0 Å². The number of halogens is 2. The summed E-state index contributed by atoms with van der Waals surface area (Å²) in [6.07, 6.45) is 4.00. The summed E-state index contributed by atoms with van der Waals surface area (Å²) in [4.78, 5) is 28.5. The molecule has 0 N–H and O–H groups in total. The first kappa shape index (κ1) is 18.0. The average molecular weight is 365 g/mol. The van der Waals surface area contributed by atoms with Crippen molar-refractivity contribution in [3.63, 3.8) is 0 Å². The average Bonchev–Trinajstić information content (AvgIpc) is 2.78. The molecule has 7 heteroatoms. The topological polar surface area (TPSA) is 59.5 Å². The summed E-state index contributed by atoms with van der Waals surface area (Å²) in [5, 5.41) is 0.649. The fraction of sp³-hybridized carbons (Fsp3) is 0.118. The number of ether oxygens (including phenoxy) is 1. The molecule has 2 aromatic rings. The molecule has 0 radical (unpaired) electrons. The normalized spacial score (nSPS) is 19.4. The standard InChI is InChI=1S/C12H9Cl2NO3.C5H5N/c1-3-12(2)10(16)15(11(17)18-12)9-5-7(13)4-8(14)6-9;1-2-4-6-5-3-1/h3-6H,1H2,2H3;1-5H. The number of nitrogens with zero attached hydrogens (tertiary/aromatic N) is 2. The fourth-order valence-electron chi connectivity index (χ4n) is 1.91. The maximum absolute atomic E-state index is 12.1. The van der Waals surface area contributed by atoms with E-state index in [4.69, 9.17) is 27.9 Å². The molecule has 0 bridgehead atoms. The Balaban J connectivity index is 0.000000292. The summed E-state index contributed by atoms with van der Waals surface area (Å²) in [6, 6.07) is 10.1. The number of rotatable bonds is 2. The Hall–Kier alpha value is -2.37. The zero-order chi connectivity index (χ0) is 17.7. The number of carbonyl (C=O) groups excluding carboxylic acids is 2. The number of benzene rings is 1. The number of amides is 2. The summed E-state index contributed by atoms with van der Waals surface area (Å²) in [7, 11) is 0. The fourth-order valence-corrected chi connectivity index (χ4v) is 2.42. The Morgan fingerprint density at radius 1 is 1.12 bits per heavy atom. The van der Waals surface area contributed by atoms with Crippen LogP contribution in [0.4, 0.5) is 10.5 Å². The molecule has 2 amide bonds. The van der Waals surface area contributed by atoms with E-state index in [9.17, 15) is 9.59 Å². The van der Waals surface area contributed by atoms with Gasteiger partial charge in [0.1, 0.15) is 0 Å². The summed E-state index contributed by atoms with van der Waals surface area (Å²) < 4.78 is 4.99. The molecule has 1 unspecified atom stereocenters. The van der Waals surface area contributed by atoms with Crippen LogP contribution in [0, 0.1) is 0 Å². The van der Waals surface area contributed by atoms with Crippen molar-refractivity contribution >= 4 is 40.9 Å². The van der Waals surface area contributed by atoms with Crippen molar-refractivity contribution in [1.29, 1.82) is 0 Å². The molecule has 1 fully saturated rings. The molecule has 0 saturated carbocycles. The van der Waals surface area contributed by atoms with Crippen LogP contribution in [0.3, 0.4) is 0 Å². The second kappa shape index (κ2) is 7.47. The SMILES string of the molecule is C=CC1(C)OC(=O)N(c2cc(Cl)cc(Cl)c2)C1=O.c1ccncc1. The Bertz CT molecular complexity index is 721. The number of anilines is 1. The maximum atomic E-state index is 12.1. The number of pyridine rings is 1. The lowest BCUT2D eigenvalue weighted by atomic mass is 10.1. The van der Waals surface area contributed by atoms with Crippen molar-refractivity contribution in [2.45, 2.75) is 12.5 Å². The first-order chi connectivity index (χ1) is 11.4. The second-order valence-electron chi connectivity index (χ2n) is 4.97. The highest BCUT2D eigenvalue weighted by atomic mass is 35.5. The monoisotopic (exact) mass is 364 g/mol. The first-order valence-corrected chi connectivity index (χ1v) is 7.65. The maximum Gasteiger partial charge on any atom is 0.422 e. The van der Waals surface area contributed by atoms with Gasteiger partial charge in [-0.3, -0.25) is 9.78 Å². The van der Waals surface area contributed by atoms with Gasteiger partial charge in [0.2, 0.25) is 5.60 Å². The molecule has 124 valence electrons. The van der Waals surface area contributed by atoms with Crippen molar-refractivity contribution < 1.29 is 14.3 Å². The van der Waals surface area contributed by atoms with Crippen LogP contribution in [-0.4, -0.2) is 22.6 Å². The van der Waals surface area contributed by atoms with Crippen molar-refractivity contribution in [3.8, 4) is 0 Å². The molecule has 1 atom stereocenters. The van der Waals surface area contributed by atoms with E-state index in [1.165, 1.54) is 31.2 Å². The highest BCUT2D eigenvalue weighted by Crippen LogP contribution is 2.33. The molecule has 1 aliphatic rings. The van der Waals surface area contributed by atoms with Crippen molar-refractivity contribution in [2.24, 2.45) is 0 Å². The van der Waals surface area contributed by atoms with E-state index in [0.29, 0.717) is 10.0 Å². The summed E-state index contributed by atoms with van der Waals surface area (Å²) >= 11 is 11.7. The van der Waals surface area contributed by atoms with Gasteiger partial charge in [0.25, 0.3) is 5.91 Å². The number of hydrogen-bond acceptors (Lipinski definition) is 4. The molecule has 1 aliphatic heterocycles. The van der Waals surface area contributed by atoms with E-state index < -0.39 is 17.6 Å². The van der Waals surface area contributed by atoms with Gasteiger partial charge in [-0.25, -0.2) is 9.69 Å². The number of imide groups is 1. The number of aromatic nitrogens is 1. The minimum absolute atomic E-state index is 0.271. The van der Waals surface area contributed by atoms with Crippen molar-refractivity contribution in [1.82, 2.24) is 4.98 Å². The second-order valence-corrected chi connectivity index (χ2v) is 5.84. The smallest absolute Gasteiger partial charge is 0.422 e. The van der Waals surface area contributed by atoms with Gasteiger partial charge in [-0.2, -0.15) is 0 Å². The Labute approximate surface area is 149 Å². The quantitative estimate of drug-likeness (QED) is 0.735. The van der Waals surface area contributed by atoms with E-state index in [-0.39, 0.29) is 5.69 Å². The summed E-state index contributed by atoms with van der Waals surface area (Å²) in [5.74, 6) is -0.527. The lowest BCUT2D eigenvalue weighted by Gasteiger charge is -2.15. The lowest BCUT2D eigenvalue weighted by molar-refractivity contribution is -0.125. The predicted octanol–water partition coefficient (Wildman–Crippen LogP) is 4.50. The highest BCUT2D eigenvalue weighted by Gasteiger charge is 2.49. The van der Waals surface area contributed by atoms with Crippen molar-refractivity contribution in [2.75, 3.05) is 4.90 Å². The number of carbonyl (C=O) groups is 2. The summed E-state index contributed by atoms with van der Waals surface area (Å²) in [6.45, 7) is 4.95. The third-order valence-corrected chi connectivity index (χ3v) is 3.61. The lowest BCUT2D eigenvalue weighted by Crippen LogP contribution is -2.37. The number of cyclic esters (lactones) is 1. The third-order valence-electron chi connectivity index (χ3n) is 3.17. The van der Waals surface area contributed by atoms with Gasteiger partial charge >= 0.3 is 6.09 Å². The van der Waals surface area contributed by atoms with Crippen LogP contribution in [-0.2, 0) is 9.53 Å². The van der Waals surface area contributed by atoms with Crippen LogP contribution in [0.5, 0.6) is 0 Å². The molecule has 24 heavy (non-hydrogen) atoms. The molecule has 1 aromatic heterocycles. The van der Waals surface area contributed by atoms with Crippen LogP contribution < -0.4 is 4.90 Å². The van der Waals surface area contributed by atoms with Crippen LogP contribution in [0.2, 0.25) is 10.0 Å². The van der Waals surface area contributed by atoms with Gasteiger partial charge < -0.3 is 4.74 Å². The minimum atomic E-state index is -1.36. The van der Waals surface area contributed by atoms with Crippen LogP contribution in [0.1, 0.15) is 6.92 Å². The molecule has 2 heterocycles. The molecule has 5 nitrogen and oxygen atoms in total. The zero-order valence-electron chi connectivity index (χ0n) is 12.8. The highest BCUT2D eigenvalue weighted by molar-refractivity contribution is 6.35. The molecule has 1 saturated heterocycles. The molecule has 3 rings (SSSR count). The molecule has 1 aromatic carbocycles. The van der Waals surface area contributed by atoms with E-state index in [1.807, 2.05) is 18.2 Å². The third kappa shape index (κ3) is 3.93. The first-order valence-electron chi connectivity index (χ1n) is 6.89. The Morgan fingerprint density at radius 2 is 1.71 bits per heavy atom. The predicted molar refractivity (Wildman–Crippen MR) is 93.3 cm³/mol. The van der Waals surface area contributed by atoms with E-state index in [1.54, 1.807) is 12.4 Å². The minimum Gasteiger partial charge on any atom is -0.428 e. The van der Waals surface area contributed by atoms with E-state index in [0.717, 1.165) is 4.90 Å². The van der Waals surface area contributed by atoms with Gasteiger partial charge in [-0.1, -0.05) is 35.8 Å². The van der Waals surface area contributed by atoms with Crippen LogP contribution in [0.25, 0.3) is 0 Å². The molecule has 0 spiro atoms. The molecule has 0 aliphatic carbocycles. The Morgan fingerprint density at radius 3 is 2.08 bits per heavy atom. The van der Waals surface area contributed by atoms with E-state index in [2.05, 4.69) is 11.6 Å². The van der Waals surface area contributed by atoms with Crippen LogP contribution >= 0.6 is 23.2 Å². The van der Waals surface area contributed by atoms with Crippen LogP contribution in [0.15, 0.2) is 61.4 Å². The van der Waals surface area contributed by atoms with Gasteiger partial charge in [0, 0.05) is 22.4 Å². The number of hydrogen-bond donors (Lipinski definition) is 0. The van der Waals surface area contributed by atoms with Gasteiger partial charge in [-0.15, -0.1) is 0 Å². The van der Waals surface area contributed by atoms with Gasteiger partial charge in [0.05, 0.1) is 5.69 Å². The van der Waals surface area contributed by atoms with E-state index >= 15 is 0 Å².